The summed E-state index contributed by atoms with van der Waals surface area (Å²) >= 11 is 0. The first-order valence-corrected chi connectivity index (χ1v) is 23.5. The van der Waals surface area contributed by atoms with Crippen LogP contribution in [-0.2, 0) is 34.4 Å². The third-order valence-electron chi connectivity index (χ3n) is 15.3. The molecular formula is C65H60FN3O. The van der Waals surface area contributed by atoms with Gasteiger partial charge in [-0.25, -0.2) is 4.39 Å². The van der Waals surface area contributed by atoms with Crippen LogP contribution in [0.3, 0.4) is 0 Å². The minimum absolute atomic E-state index is 0.0345. The van der Waals surface area contributed by atoms with Crippen LogP contribution in [0.15, 0.2) is 199 Å². The standard InChI is InChI=1S/C65H60FN3O/c1-62(2,48-30-35-56(68-41-48)45-19-12-9-13-20-45)64(5,6)50-37-44(38-51(39-50)65(7,8)63(3,4)49-31-36-57(69-42-49)46-21-14-10-15-22-46)28-27-43-29-34-58(67-40-43)54-26-18-25-52-53-32-33-55(66)59(61(53)70-60(52)54)47-23-16-11-17-24-47/h9-26,29-42H,27-28H2,1-8H3/i11D,16D,17D,23D,24D,27D2,28D2,33D. The summed E-state index contributed by atoms with van der Waals surface area (Å²) in [4.78, 5) is 14.5. The fourth-order valence-corrected chi connectivity index (χ4v) is 9.30. The van der Waals surface area contributed by atoms with Gasteiger partial charge in [-0.05, 0) is 98.9 Å². The highest BCUT2D eigenvalue weighted by atomic mass is 19.1. The maximum Gasteiger partial charge on any atom is 0.146 e. The van der Waals surface area contributed by atoms with E-state index >= 15 is 4.39 Å². The predicted octanol–water partition coefficient (Wildman–Crippen LogP) is 16.9. The number of hydrogen-bond acceptors (Lipinski definition) is 4. The molecule has 10 aromatic rings. The molecule has 0 aliphatic carbocycles. The molecule has 0 saturated heterocycles. The lowest BCUT2D eigenvalue weighted by Crippen LogP contribution is -2.42. The van der Waals surface area contributed by atoms with Gasteiger partial charge in [-0.3, -0.25) is 15.0 Å². The molecule has 6 aromatic carbocycles. The number of fused-ring (bicyclic) bond motifs is 3. The second-order valence-corrected chi connectivity index (χ2v) is 20.1. The van der Waals surface area contributed by atoms with E-state index in [4.69, 9.17) is 27.6 Å². The van der Waals surface area contributed by atoms with Crippen molar-refractivity contribution < 1.29 is 22.5 Å². The molecule has 4 nitrogen and oxygen atoms in total. The van der Waals surface area contributed by atoms with Crippen LogP contribution in [0.25, 0.3) is 66.8 Å². The molecule has 4 heterocycles. The summed E-state index contributed by atoms with van der Waals surface area (Å²) in [5, 5.41) is 0.706. The largest absolute Gasteiger partial charge is 0.455 e. The quantitative estimate of drug-likeness (QED) is 0.116. The SMILES string of the molecule is [2H]c1cc2c(oc3c(-c4ccc(C([2H])([2H])C([2H])([2H])c5cc(C(C)(C)C(C)(C)c6ccc(-c7ccccc7)nc6)cc(C(C)(C)C(C)(C)c6ccc(-c7ccccc7)nc6)c5)cn4)cccc32)c(-c2c([2H])c([2H])c([2H])c([2H])c2[2H])c1F. The van der Waals surface area contributed by atoms with Crippen LogP contribution in [0, 0.1) is 5.82 Å². The summed E-state index contributed by atoms with van der Waals surface area (Å²) in [5.74, 6) is -1.12. The van der Waals surface area contributed by atoms with Gasteiger partial charge in [-0.2, -0.15) is 0 Å². The number of rotatable bonds is 13. The molecule has 0 saturated carbocycles. The van der Waals surface area contributed by atoms with E-state index in [1.165, 1.54) is 18.3 Å². The van der Waals surface area contributed by atoms with Gasteiger partial charge in [-0.1, -0.05) is 195 Å². The lowest BCUT2D eigenvalue weighted by molar-refractivity contribution is 0.292. The Morgan fingerprint density at radius 2 is 0.971 bits per heavy atom. The van der Waals surface area contributed by atoms with Gasteiger partial charge in [-0.15, -0.1) is 0 Å². The average Bonchev–Trinajstić information content (AvgIpc) is 3.83. The zero-order valence-corrected chi connectivity index (χ0v) is 40.6. The van der Waals surface area contributed by atoms with Gasteiger partial charge in [0.1, 0.15) is 17.0 Å². The van der Waals surface area contributed by atoms with Gasteiger partial charge in [0.05, 0.1) is 30.9 Å². The number of para-hydroxylation sites is 1. The smallest absolute Gasteiger partial charge is 0.146 e. The lowest BCUT2D eigenvalue weighted by Gasteiger charge is -2.46. The summed E-state index contributed by atoms with van der Waals surface area (Å²) < 4.78 is 112. The summed E-state index contributed by atoms with van der Waals surface area (Å²) in [6, 6.07) is 39.5. The van der Waals surface area contributed by atoms with Crippen LogP contribution in [0.4, 0.5) is 4.39 Å². The van der Waals surface area contributed by atoms with Crippen LogP contribution in [0.1, 0.15) is 102 Å². The summed E-state index contributed by atoms with van der Waals surface area (Å²) in [6.45, 7) is 17.2. The van der Waals surface area contributed by atoms with E-state index in [1.807, 2.05) is 97.3 Å². The van der Waals surface area contributed by atoms with Crippen molar-refractivity contribution in [2.45, 2.75) is 89.8 Å². The minimum Gasteiger partial charge on any atom is -0.455 e. The normalized spacial score (nSPS) is 14.9. The zero-order valence-electron chi connectivity index (χ0n) is 50.6. The van der Waals surface area contributed by atoms with E-state index in [1.54, 1.807) is 24.3 Å². The highest BCUT2D eigenvalue weighted by Crippen LogP contribution is 2.49. The molecule has 0 unspecified atom stereocenters. The van der Waals surface area contributed by atoms with Crippen molar-refractivity contribution in [3.05, 3.63) is 234 Å². The maximum absolute atomic E-state index is 16.1. The van der Waals surface area contributed by atoms with Crippen molar-refractivity contribution in [2.24, 2.45) is 0 Å². The molecule has 70 heavy (non-hydrogen) atoms. The number of hydrogen-bond donors (Lipinski definition) is 0. The van der Waals surface area contributed by atoms with Crippen molar-refractivity contribution in [2.75, 3.05) is 0 Å². The van der Waals surface area contributed by atoms with Crippen LogP contribution < -0.4 is 0 Å². The van der Waals surface area contributed by atoms with Gasteiger partial charge < -0.3 is 4.42 Å². The number of nitrogens with zero attached hydrogens (tertiary/aromatic N) is 3. The van der Waals surface area contributed by atoms with Crippen LogP contribution in [0.5, 0.6) is 0 Å². The number of halogens is 1. The van der Waals surface area contributed by atoms with Gasteiger partial charge in [0.2, 0.25) is 0 Å². The van der Waals surface area contributed by atoms with Crippen LogP contribution >= 0.6 is 0 Å². The summed E-state index contributed by atoms with van der Waals surface area (Å²) in [7, 11) is 0. The molecular weight excluding hydrogens is 858 g/mol. The van der Waals surface area contributed by atoms with Crippen LogP contribution in [-0.4, -0.2) is 15.0 Å². The van der Waals surface area contributed by atoms with Crippen LogP contribution in [0.2, 0.25) is 0 Å². The van der Waals surface area contributed by atoms with Gasteiger partial charge in [0, 0.05) is 62.4 Å². The molecule has 0 aliphatic rings. The molecule has 0 amide bonds. The third kappa shape index (κ3) is 8.31. The van der Waals surface area contributed by atoms with E-state index in [0.717, 1.165) is 44.8 Å². The van der Waals surface area contributed by atoms with E-state index < -0.39 is 87.6 Å². The molecule has 348 valence electrons. The molecule has 0 N–H and O–H groups in total. The zero-order chi connectivity index (χ0) is 57.6. The molecule has 5 heteroatoms. The van der Waals surface area contributed by atoms with E-state index in [-0.39, 0.29) is 27.7 Å². The molecule has 0 atom stereocenters. The second-order valence-electron chi connectivity index (χ2n) is 20.1. The molecule has 4 aromatic heterocycles. The van der Waals surface area contributed by atoms with Crippen molar-refractivity contribution in [1.82, 2.24) is 15.0 Å². The number of aromatic nitrogens is 3. The Balaban J connectivity index is 1.06. The number of aryl methyl sites for hydroxylation is 2. The molecule has 0 aliphatic heterocycles. The first kappa shape index (κ1) is 35.6. The first-order chi connectivity index (χ1) is 37.6. The van der Waals surface area contributed by atoms with E-state index in [0.29, 0.717) is 16.6 Å². The first-order valence-electron chi connectivity index (χ1n) is 28.5. The van der Waals surface area contributed by atoms with E-state index in [2.05, 4.69) is 73.6 Å². The Bertz CT molecular complexity index is 3860. The Morgan fingerprint density at radius 1 is 0.457 bits per heavy atom. The monoisotopic (exact) mass is 928 g/mol. The highest BCUT2D eigenvalue weighted by Gasteiger charge is 2.44. The number of pyridine rings is 3. The lowest BCUT2D eigenvalue weighted by atomic mass is 9.58. The Hall–Kier alpha value is -7.50. The van der Waals surface area contributed by atoms with E-state index in [9.17, 15) is 5.48 Å². The molecule has 0 spiro atoms. The molecule has 10 rings (SSSR count). The Kier molecular flexibility index (Phi) is 9.21. The van der Waals surface area contributed by atoms with Crippen molar-refractivity contribution in [1.29, 1.82) is 0 Å². The molecule has 0 bridgehead atoms. The van der Waals surface area contributed by atoms with Gasteiger partial charge >= 0.3 is 0 Å². The Morgan fingerprint density at radius 3 is 1.50 bits per heavy atom. The topological polar surface area (TPSA) is 51.8 Å². The summed E-state index contributed by atoms with van der Waals surface area (Å²) in [6.07, 6.45) is -0.208. The second kappa shape index (κ2) is 18.1. The number of furan rings is 1. The maximum atomic E-state index is 16.1. The summed E-state index contributed by atoms with van der Waals surface area (Å²) in [5.41, 5.74) is 4.69. The average molecular weight is 928 g/mol. The fraction of sp³-hybridized carbons (Fsp3) is 0.215. The van der Waals surface area contributed by atoms with Crippen molar-refractivity contribution >= 4 is 21.9 Å². The third-order valence-corrected chi connectivity index (χ3v) is 15.3. The Labute approximate surface area is 426 Å². The van der Waals surface area contributed by atoms with Gasteiger partial charge in [0.25, 0.3) is 0 Å². The predicted molar refractivity (Wildman–Crippen MR) is 288 cm³/mol. The van der Waals surface area contributed by atoms with Crippen molar-refractivity contribution in [3.63, 3.8) is 0 Å². The van der Waals surface area contributed by atoms with Crippen molar-refractivity contribution in [3.8, 4) is 44.9 Å². The van der Waals surface area contributed by atoms with Gasteiger partial charge in [0.15, 0.2) is 0 Å². The number of benzene rings is 6. The fourth-order valence-electron chi connectivity index (χ4n) is 9.30. The minimum atomic E-state index is -2.67. The highest BCUT2D eigenvalue weighted by molar-refractivity contribution is 6.12. The molecule has 0 radical (unpaired) electrons. The molecule has 0 fully saturated rings.